The third-order valence-corrected chi connectivity index (χ3v) is 4.00. The molecule has 2 rings (SSSR count). The molecule has 68 valence electrons. The van der Waals surface area contributed by atoms with Crippen molar-refractivity contribution >= 4 is 45.7 Å². The number of fused-ring (bicyclic) bond motifs is 1. The molecule has 2 aromatic rings. The maximum atomic E-state index is 5.84. The van der Waals surface area contributed by atoms with Crippen molar-refractivity contribution in [1.29, 1.82) is 0 Å². The Hall–Kier alpha value is -0.180. The fourth-order valence-corrected chi connectivity index (χ4v) is 3.06. The van der Waals surface area contributed by atoms with Crippen LogP contribution in [0.25, 0.3) is 10.1 Å². The molecule has 3 heteroatoms. The van der Waals surface area contributed by atoms with Gasteiger partial charge in [0.25, 0.3) is 0 Å². The summed E-state index contributed by atoms with van der Waals surface area (Å²) in [7, 11) is 0. The molecule has 0 nitrogen and oxygen atoms in total. The fraction of sp³-hybridized carbons (Fsp3) is 0.200. The van der Waals surface area contributed by atoms with Crippen LogP contribution in [0.5, 0.6) is 0 Å². The van der Waals surface area contributed by atoms with Gasteiger partial charge in [-0.1, -0.05) is 6.07 Å². The normalized spacial score (nSPS) is 11.0. The van der Waals surface area contributed by atoms with Gasteiger partial charge in [0, 0.05) is 20.9 Å². The van der Waals surface area contributed by atoms with Gasteiger partial charge in [0.1, 0.15) is 0 Å². The number of rotatable bonds is 1. The minimum atomic E-state index is 0.566. The van der Waals surface area contributed by atoms with Gasteiger partial charge in [-0.3, -0.25) is 0 Å². The topological polar surface area (TPSA) is 0 Å². The van der Waals surface area contributed by atoms with Crippen molar-refractivity contribution in [3.8, 4) is 0 Å². The molecule has 1 aromatic heterocycles. The van der Waals surface area contributed by atoms with E-state index in [1.165, 1.54) is 21.2 Å². The Morgan fingerprint density at radius 1 is 1.46 bits per heavy atom. The molecule has 0 aliphatic heterocycles. The molecule has 0 aliphatic carbocycles. The number of benzene rings is 1. The molecule has 0 bridgehead atoms. The highest BCUT2D eigenvalue weighted by atomic mass is 35.5. The summed E-state index contributed by atoms with van der Waals surface area (Å²) in [6.07, 6.45) is 0. The van der Waals surface area contributed by atoms with Gasteiger partial charge >= 0.3 is 0 Å². The lowest BCUT2D eigenvalue weighted by atomic mass is 10.1. The minimum absolute atomic E-state index is 0.566. The first-order valence-electron chi connectivity index (χ1n) is 3.98. The maximum Gasteiger partial charge on any atom is 0.0488 e. The van der Waals surface area contributed by atoms with Crippen LogP contribution < -0.4 is 0 Å². The summed E-state index contributed by atoms with van der Waals surface area (Å²) in [5.41, 5.74) is 2.40. The standard InChI is InChI=1S/C10H9ClS2/c1-6-2-3-8-9(10(6)12)7(4-11)5-13-8/h2-3,5,12H,4H2,1H3. The zero-order valence-electron chi connectivity index (χ0n) is 7.17. The molecule has 1 heterocycles. The van der Waals surface area contributed by atoms with Crippen molar-refractivity contribution in [3.05, 3.63) is 28.6 Å². The van der Waals surface area contributed by atoms with Crippen LogP contribution in [0.2, 0.25) is 0 Å². The number of alkyl halides is 1. The van der Waals surface area contributed by atoms with Crippen molar-refractivity contribution in [3.63, 3.8) is 0 Å². The lowest BCUT2D eigenvalue weighted by molar-refractivity contribution is 1.34. The summed E-state index contributed by atoms with van der Waals surface area (Å²) < 4.78 is 1.27. The molecule has 13 heavy (non-hydrogen) atoms. The van der Waals surface area contributed by atoms with Gasteiger partial charge in [0.2, 0.25) is 0 Å². The second-order valence-corrected chi connectivity index (χ2v) is 4.62. The van der Waals surface area contributed by atoms with Crippen LogP contribution in [0, 0.1) is 6.92 Å². The lowest BCUT2D eigenvalue weighted by Gasteiger charge is -2.01. The summed E-state index contributed by atoms with van der Waals surface area (Å²) in [5.74, 6) is 0.566. The van der Waals surface area contributed by atoms with Crippen molar-refractivity contribution < 1.29 is 0 Å². The molecule has 0 unspecified atom stereocenters. The first-order chi connectivity index (χ1) is 6.24. The average Bonchev–Trinajstić information content (AvgIpc) is 2.55. The highest BCUT2D eigenvalue weighted by Gasteiger charge is 2.07. The Bertz CT molecular complexity index is 445. The quantitative estimate of drug-likeness (QED) is 0.548. The zero-order chi connectivity index (χ0) is 9.42. The smallest absolute Gasteiger partial charge is 0.0488 e. The predicted molar refractivity (Wildman–Crippen MR) is 63.4 cm³/mol. The Balaban J connectivity index is 2.85. The van der Waals surface area contributed by atoms with Crippen LogP contribution in [0.1, 0.15) is 11.1 Å². The largest absolute Gasteiger partial charge is 0.143 e. The molecule has 0 amide bonds. The Labute approximate surface area is 91.9 Å². The van der Waals surface area contributed by atoms with Gasteiger partial charge in [0.15, 0.2) is 0 Å². The third-order valence-electron chi connectivity index (χ3n) is 2.13. The van der Waals surface area contributed by atoms with Crippen molar-refractivity contribution in [2.75, 3.05) is 0 Å². The Morgan fingerprint density at radius 3 is 2.92 bits per heavy atom. The van der Waals surface area contributed by atoms with Gasteiger partial charge in [0.05, 0.1) is 0 Å². The zero-order valence-corrected chi connectivity index (χ0v) is 9.64. The van der Waals surface area contributed by atoms with Crippen LogP contribution in [0.3, 0.4) is 0 Å². The molecule has 0 saturated heterocycles. The number of halogens is 1. The van der Waals surface area contributed by atoms with E-state index in [0.29, 0.717) is 5.88 Å². The lowest BCUT2D eigenvalue weighted by Crippen LogP contribution is -1.79. The second-order valence-electron chi connectivity index (χ2n) is 3.00. The number of thiophene rings is 1. The highest BCUT2D eigenvalue weighted by Crippen LogP contribution is 2.33. The molecule has 0 radical (unpaired) electrons. The van der Waals surface area contributed by atoms with E-state index in [2.05, 4.69) is 37.1 Å². The monoisotopic (exact) mass is 228 g/mol. The van der Waals surface area contributed by atoms with Crippen LogP contribution in [0.4, 0.5) is 0 Å². The van der Waals surface area contributed by atoms with Gasteiger partial charge in [-0.05, 0) is 29.5 Å². The Kier molecular flexibility index (Phi) is 2.54. The van der Waals surface area contributed by atoms with Crippen molar-refractivity contribution in [2.24, 2.45) is 0 Å². The van der Waals surface area contributed by atoms with Gasteiger partial charge in [-0.15, -0.1) is 35.6 Å². The predicted octanol–water partition coefficient (Wildman–Crippen LogP) is 4.24. The van der Waals surface area contributed by atoms with Crippen LogP contribution >= 0.6 is 35.6 Å². The SMILES string of the molecule is Cc1ccc2scc(CCl)c2c1S. The van der Waals surface area contributed by atoms with Gasteiger partial charge in [-0.25, -0.2) is 0 Å². The molecule has 0 spiro atoms. The van der Waals surface area contributed by atoms with E-state index in [1.807, 2.05) is 0 Å². The van der Waals surface area contributed by atoms with Crippen LogP contribution in [-0.4, -0.2) is 0 Å². The fourth-order valence-electron chi connectivity index (χ4n) is 1.38. The summed E-state index contributed by atoms with van der Waals surface area (Å²) in [6, 6.07) is 4.23. The summed E-state index contributed by atoms with van der Waals surface area (Å²) >= 11 is 12.1. The number of hydrogen-bond acceptors (Lipinski definition) is 2. The van der Waals surface area contributed by atoms with Crippen molar-refractivity contribution in [2.45, 2.75) is 17.7 Å². The maximum absolute atomic E-state index is 5.84. The van der Waals surface area contributed by atoms with Crippen molar-refractivity contribution in [1.82, 2.24) is 0 Å². The molecule has 1 aromatic carbocycles. The third kappa shape index (κ3) is 1.47. The number of hydrogen-bond donors (Lipinski definition) is 1. The van der Waals surface area contributed by atoms with E-state index >= 15 is 0 Å². The highest BCUT2D eigenvalue weighted by molar-refractivity contribution is 7.80. The molecule has 0 fully saturated rings. The molecule has 0 atom stereocenters. The van der Waals surface area contributed by atoms with Crippen LogP contribution in [-0.2, 0) is 5.88 Å². The second kappa shape index (κ2) is 3.52. The van der Waals surface area contributed by atoms with E-state index in [0.717, 1.165) is 4.90 Å². The van der Waals surface area contributed by atoms with E-state index in [-0.39, 0.29) is 0 Å². The average molecular weight is 229 g/mol. The minimum Gasteiger partial charge on any atom is -0.143 e. The van der Waals surface area contributed by atoms with Gasteiger partial charge in [-0.2, -0.15) is 0 Å². The Morgan fingerprint density at radius 2 is 2.23 bits per heavy atom. The molecule has 0 aliphatic rings. The number of thiol groups is 1. The first kappa shape index (κ1) is 9.38. The summed E-state index contributed by atoms with van der Waals surface area (Å²) in [4.78, 5) is 1.06. The van der Waals surface area contributed by atoms with Crippen LogP contribution in [0.15, 0.2) is 22.4 Å². The summed E-state index contributed by atoms with van der Waals surface area (Å²) in [5, 5.41) is 3.33. The van der Waals surface area contributed by atoms with E-state index < -0.39 is 0 Å². The van der Waals surface area contributed by atoms with E-state index in [9.17, 15) is 0 Å². The summed E-state index contributed by atoms with van der Waals surface area (Å²) in [6.45, 7) is 2.07. The van der Waals surface area contributed by atoms with E-state index in [4.69, 9.17) is 11.6 Å². The van der Waals surface area contributed by atoms with E-state index in [1.54, 1.807) is 11.3 Å². The molecule has 0 N–H and O–H groups in total. The first-order valence-corrected chi connectivity index (χ1v) is 5.84. The van der Waals surface area contributed by atoms with Gasteiger partial charge < -0.3 is 0 Å². The molecule has 0 saturated carbocycles. The number of aryl methyl sites for hydroxylation is 1. The molecular formula is C10H9ClS2. The molecular weight excluding hydrogens is 220 g/mol.